The van der Waals surface area contributed by atoms with Crippen LogP contribution >= 0.6 is 23.2 Å². The molecule has 0 saturated heterocycles. The molecule has 0 fully saturated rings. The highest BCUT2D eigenvalue weighted by Gasteiger charge is 2.16. The van der Waals surface area contributed by atoms with Crippen molar-refractivity contribution in [2.75, 3.05) is 5.73 Å². The third-order valence-electron chi connectivity index (χ3n) is 2.50. The van der Waals surface area contributed by atoms with Crippen LogP contribution in [0.1, 0.15) is 17.2 Å². The van der Waals surface area contributed by atoms with Crippen LogP contribution in [0.15, 0.2) is 42.5 Å². The Kier molecular flexibility index (Phi) is 3.57. The highest BCUT2D eigenvalue weighted by atomic mass is 35.5. The van der Waals surface area contributed by atoms with E-state index >= 15 is 0 Å². The van der Waals surface area contributed by atoms with Gasteiger partial charge in [0.25, 0.3) is 0 Å². The Morgan fingerprint density at radius 1 is 1.06 bits per heavy atom. The van der Waals surface area contributed by atoms with Crippen LogP contribution in [0.3, 0.4) is 0 Å². The Hall–Kier alpha value is -1.22. The molecular formula is C13H11Cl2NO. The minimum absolute atomic E-state index is 0.339. The summed E-state index contributed by atoms with van der Waals surface area (Å²) >= 11 is 12.0. The predicted octanol–water partition coefficient (Wildman–Crippen LogP) is 3.66. The van der Waals surface area contributed by atoms with Gasteiger partial charge in [-0.2, -0.15) is 0 Å². The van der Waals surface area contributed by atoms with Crippen molar-refractivity contribution >= 4 is 28.9 Å². The molecule has 1 unspecified atom stereocenters. The molecule has 1 atom stereocenters. The average molecular weight is 268 g/mol. The van der Waals surface area contributed by atoms with E-state index in [1.165, 1.54) is 0 Å². The van der Waals surface area contributed by atoms with Crippen molar-refractivity contribution in [2.24, 2.45) is 0 Å². The van der Waals surface area contributed by atoms with Crippen LogP contribution in [-0.2, 0) is 0 Å². The van der Waals surface area contributed by atoms with E-state index in [1.54, 1.807) is 12.1 Å². The highest BCUT2D eigenvalue weighted by Crippen LogP contribution is 2.34. The topological polar surface area (TPSA) is 46.2 Å². The van der Waals surface area contributed by atoms with Crippen LogP contribution in [0, 0.1) is 0 Å². The van der Waals surface area contributed by atoms with Gasteiger partial charge in [-0.3, -0.25) is 0 Å². The summed E-state index contributed by atoms with van der Waals surface area (Å²) in [5, 5.41) is 11.0. The first kappa shape index (κ1) is 12.2. The van der Waals surface area contributed by atoms with E-state index in [1.807, 2.05) is 30.3 Å². The van der Waals surface area contributed by atoms with Crippen molar-refractivity contribution < 1.29 is 5.11 Å². The summed E-state index contributed by atoms with van der Waals surface area (Å²) in [6.07, 6.45) is -0.829. The molecule has 0 aromatic heterocycles. The lowest BCUT2D eigenvalue weighted by atomic mass is 10.0. The molecule has 0 amide bonds. The lowest BCUT2D eigenvalue weighted by Crippen LogP contribution is -2.02. The van der Waals surface area contributed by atoms with Gasteiger partial charge in [-0.05, 0) is 17.7 Å². The number of aliphatic hydroxyl groups is 1. The molecule has 4 heteroatoms. The second-order valence-corrected chi connectivity index (χ2v) is 4.53. The van der Waals surface area contributed by atoms with Gasteiger partial charge in [0.15, 0.2) is 0 Å². The lowest BCUT2D eigenvalue weighted by Gasteiger charge is -2.14. The zero-order valence-corrected chi connectivity index (χ0v) is 10.4. The number of hydrogen-bond acceptors (Lipinski definition) is 2. The molecule has 0 aliphatic carbocycles. The fraction of sp³-hybridized carbons (Fsp3) is 0.0769. The van der Waals surface area contributed by atoms with E-state index < -0.39 is 6.10 Å². The number of aliphatic hydroxyl groups excluding tert-OH is 1. The standard InChI is InChI=1S/C13H11Cl2NO/c14-9-6-10(12(15)11(16)7-9)13(17)8-4-2-1-3-5-8/h1-7,13,17H,16H2. The maximum atomic E-state index is 10.2. The third-order valence-corrected chi connectivity index (χ3v) is 3.16. The molecule has 0 radical (unpaired) electrons. The normalized spacial score (nSPS) is 12.4. The van der Waals surface area contributed by atoms with Gasteiger partial charge >= 0.3 is 0 Å². The second kappa shape index (κ2) is 4.96. The van der Waals surface area contributed by atoms with Crippen molar-refractivity contribution in [2.45, 2.75) is 6.10 Å². The molecule has 0 aliphatic heterocycles. The van der Waals surface area contributed by atoms with Crippen molar-refractivity contribution in [3.8, 4) is 0 Å². The summed E-state index contributed by atoms with van der Waals surface area (Å²) in [4.78, 5) is 0. The number of hydrogen-bond donors (Lipinski definition) is 2. The van der Waals surface area contributed by atoms with E-state index in [9.17, 15) is 5.11 Å². The van der Waals surface area contributed by atoms with E-state index in [-0.39, 0.29) is 0 Å². The molecule has 2 aromatic carbocycles. The number of anilines is 1. The van der Waals surface area contributed by atoms with Crippen LogP contribution in [0.2, 0.25) is 10.0 Å². The van der Waals surface area contributed by atoms with Gasteiger partial charge in [0, 0.05) is 10.6 Å². The van der Waals surface area contributed by atoms with E-state index in [0.29, 0.717) is 21.3 Å². The SMILES string of the molecule is Nc1cc(Cl)cc(C(O)c2ccccc2)c1Cl. The Balaban J connectivity index is 2.48. The first-order valence-corrected chi connectivity index (χ1v) is 5.82. The summed E-state index contributed by atoms with van der Waals surface area (Å²) in [5.74, 6) is 0. The van der Waals surface area contributed by atoms with Gasteiger partial charge in [-0.25, -0.2) is 0 Å². The van der Waals surface area contributed by atoms with Crippen molar-refractivity contribution in [1.29, 1.82) is 0 Å². The third kappa shape index (κ3) is 2.55. The monoisotopic (exact) mass is 267 g/mol. The minimum atomic E-state index is -0.829. The quantitative estimate of drug-likeness (QED) is 0.816. The second-order valence-electron chi connectivity index (χ2n) is 3.71. The number of halogens is 2. The predicted molar refractivity (Wildman–Crippen MR) is 71.4 cm³/mol. The molecule has 0 heterocycles. The molecule has 0 spiro atoms. The maximum absolute atomic E-state index is 10.2. The van der Waals surface area contributed by atoms with Crippen molar-refractivity contribution in [1.82, 2.24) is 0 Å². The maximum Gasteiger partial charge on any atom is 0.106 e. The first-order valence-electron chi connectivity index (χ1n) is 5.07. The first-order chi connectivity index (χ1) is 8.09. The zero-order valence-electron chi connectivity index (χ0n) is 8.90. The van der Waals surface area contributed by atoms with Gasteiger partial charge in [0.1, 0.15) is 6.10 Å². The Labute approximate surface area is 110 Å². The number of benzene rings is 2. The van der Waals surface area contributed by atoms with E-state index in [0.717, 1.165) is 5.56 Å². The fourth-order valence-electron chi connectivity index (χ4n) is 1.65. The van der Waals surface area contributed by atoms with Gasteiger partial charge < -0.3 is 10.8 Å². The average Bonchev–Trinajstić information content (AvgIpc) is 2.34. The molecule has 17 heavy (non-hydrogen) atoms. The van der Waals surface area contributed by atoms with Crippen LogP contribution in [0.25, 0.3) is 0 Å². The number of nitrogens with two attached hydrogens (primary N) is 1. The molecule has 2 nitrogen and oxygen atoms in total. The van der Waals surface area contributed by atoms with Crippen LogP contribution in [0.4, 0.5) is 5.69 Å². The largest absolute Gasteiger partial charge is 0.397 e. The fourth-order valence-corrected chi connectivity index (χ4v) is 2.09. The summed E-state index contributed by atoms with van der Waals surface area (Å²) in [6.45, 7) is 0. The van der Waals surface area contributed by atoms with Crippen molar-refractivity contribution in [3.63, 3.8) is 0 Å². The molecule has 0 bridgehead atoms. The summed E-state index contributed by atoms with van der Waals surface area (Å²) in [5.41, 5.74) is 7.34. The molecule has 0 saturated carbocycles. The summed E-state index contributed by atoms with van der Waals surface area (Å²) in [6, 6.07) is 12.4. The minimum Gasteiger partial charge on any atom is -0.397 e. The molecule has 0 aliphatic rings. The lowest BCUT2D eigenvalue weighted by molar-refractivity contribution is 0.220. The van der Waals surface area contributed by atoms with Crippen LogP contribution < -0.4 is 5.73 Å². The Bertz CT molecular complexity index is 528. The van der Waals surface area contributed by atoms with E-state index in [2.05, 4.69) is 0 Å². The Morgan fingerprint density at radius 2 is 1.71 bits per heavy atom. The van der Waals surface area contributed by atoms with Gasteiger partial charge in [0.2, 0.25) is 0 Å². The van der Waals surface area contributed by atoms with Crippen LogP contribution in [-0.4, -0.2) is 5.11 Å². The molecule has 2 rings (SSSR count). The molecule has 88 valence electrons. The van der Waals surface area contributed by atoms with Crippen molar-refractivity contribution in [3.05, 3.63) is 63.6 Å². The highest BCUT2D eigenvalue weighted by molar-refractivity contribution is 6.35. The molecule has 2 aromatic rings. The van der Waals surface area contributed by atoms with E-state index in [4.69, 9.17) is 28.9 Å². The van der Waals surface area contributed by atoms with Crippen LogP contribution in [0.5, 0.6) is 0 Å². The zero-order chi connectivity index (χ0) is 12.4. The molecule has 3 N–H and O–H groups in total. The molecular weight excluding hydrogens is 257 g/mol. The Morgan fingerprint density at radius 3 is 2.35 bits per heavy atom. The van der Waals surface area contributed by atoms with Gasteiger partial charge in [-0.1, -0.05) is 53.5 Å². The summed E-state index contributed by atoms with van der Waals surface area (Å²) < 4.78 is 0. The number of rotatable bonds is 2. The van der Waals surface area contributed by atoms with Gasteiger partial charge in [-0.15, -0.1) is 0 Å². The summed E-state index contributed by atoms with van der Waals surface area (Å²) in [7, 11) is 0. The van der Waals surface area contributed by atoms with Gasteiger partial charge in [0.05, 0.1) is 10.7 Å². The number of nitrogen functional groups attached to an aromatic ring is 1. The smallest absolute Gasteiger partial charge is 0.106 e.